The van der Waals surface area contributed by atoms with Gasteiger partial charge in [-0.05, 0) is 37.1 Å². The monoisotopic (exact) mass is 392 g/mol. The summed E-state index contributed by atoms with van der Waals surface area (Å²) in [5, 5.41) is 3.62. The van der Waals surface area contributed by atoms with Crippen molar-refractivity contribution in [3.05, 3.63) is 59.9 Å². The van der Waals surface area contributed by atoms with Crippen LogP contribution in [0.5, 0.6) is 5.75 Å². The molecule has 1 aliphatic rings. The maximum Gasteiger partial charge on any atom is 0.291 e. The van der Waals surface area contributed by atoms with E-state index in [9.17, 15) is 9.59 Å². The Hall–Kier alpha value is -3.28. The number of likely N-dealkylation sites (tertiary alicyclic amines) is 1. The van der Waals surface area contributed by atoms with E-state index >= 15 is 0 Å². The molecule has 2 amide bonds. The van der Waals surface area contributed by atoms with Gasteiger partial charge < -0.3 is 19.4 Å². The Labute approximate surface area is 169 Å². The van der Waals surface area contributed by atoms with Gasteiger partial charge in [-0.3, -0.25) is 9.59 Å². The summed E-state index contributed by atoms with van der Waals surface area (Å²) >= 11 is 0. The highest BCUT2D eigenvalue weighted by Crippen LogP contribution is 2.29. The largest absolute Gasteiger partial charge is 0.493 e. The van der Waals surface area contributed by atoms with E-state index in [4.69, 9.17) is 9.15 Å². The zero-order valence-corrected chi connectivity index (χ0v) is 16.4. The van der Waals surface area contributed by atoms with Crippen LogP contribution in [-0.4, -0.2) is 36.9 Å². The molecule has 1 aromatic heterocycles. The zero-order chi connectivity index (χ0) is 20.2. The van der Waals surface area contributed by atoms with Gasteiger partial charge in [-0.1, -0.05) is 37.1 Å². The van der Waals surface area contributed by atoms with E-state index in [1.807, 2.05) is 23.1 Å². The number of ether oxygens (including phenoxy) is 1. The maximum atomic E-state index is 13.1. The molecule has 1 saturated heterocycles. The first-order chi connectivity index (χ1) is 14.2. The van der Waals surface area contributed by atoms with E-state index in [1.165, 1.54) is 0 Å². The van der Waals surface area contributed by atoms with Crippen molar-refractivity contribution in [2.45, 2.75) is 25.7 Å². The Balaban J connectivity index is 1.58. The fraction of sp³-hybridized carbons (Fsp3) is 0.304. The standard InChI is InChI=1S/C23H24N2O4/c1-28-19-12-8-9-16-15-20(29-21(16)19)22(26)24-18-11-5-4-10-17(18)23(27)25-13-6-2-3-7-14-25/h4-5,8-12,15H,2-3,6-7,13-14H2,1H3,(H,24,26). The summed E-state index contributed by atoms with van der Waals surface area (Å²) in [6.07, 6.45) is 4.33. The molecule has 150 valence electrons. The molecular formula is C23H24N2O4. The molecule has 0 atom stereocenters. The third-order valence-electron chi connectivity index (χ3n) is 5.25. The molecule has 1 N–H and O–H groups in total. The van der Waals surface area contributed by atoms with Gasteiger partial charge >= 0.3 is 0 Å². The molecule has 29 heavy (non-hydrogen) atoms. The number of carbonyl (C=O) groups is 2. The smallest absolute Gasteiger partial charge is 0.291 e. The molecule has 3 aromatic rings. The van der Waals surface area contributed by atoms with Gasteiger partial charge in [0.1, 0.15) is 0 Å². The van der Waals surface area contributed by atoms with Gasteiger partial charge in [0.15, 0.2) is 17.1 Å². The second kappa shape index (κ2) is 8.39. The minimum atomic E-state index is -0.403. The quantitative estimate of drug-likeness (QED) is 0.698. The first kappa shape index (κ1) is 19.1. The number of benzene rings is 2. The van der Waals surface area contributed by atoms with Crippen molar-refractivity contribution < 1.29 is 18.7 Å². The van der Waals surface area contributed by atoms with Gasteiger partial charge in [-0.15, -0.1) is 0 Å². The lowest BCUT2D eigenvalue weighted by Crippen LogP contribution is -2.32. The van der Waals surface area contributed by atoms with Crippen LogP contribution in [-0.2, 0) is 0 Å². The molecular weight excluding hydrogens is 368 g/mol. The fourth-order valence-electron chi connectivity index (χ4n) is 3.72. The molecule has 1 aliphatic heterocycles. The second-order valence-electron chi connectivity index (χ2n) is 7.20. The van der Waals surface area contributed by atoms with Crippen molar-refractivity contribution in [3.8, 4) is 5.75 Å². The molecule has 1 fully saturated rings. The number of methoxy groups -OCH3 is 1. The summed E-state index contributed by atoms with van der Waals surface area (Å²) in [5.41, 5.74) is 1.50. The molecule has 0 radical (unpaired) electrons. The number of fused-ring (bicyclic) bond motifs is 1. The van der Waals surface area contributed by atoms with Gasteiger partial charge in [0, 0.05) is 18.5 Å². The summed E-state index contributed by atoms with van der Waals surface area (Å²) < 4.78 is 11.0. The van der Waals surface area contributed by atoms with Crippen LogP contribution in [0, 0.1) is 0 Å². The van der Waals surface area contributed by atoms with Gasteiger partial charge in [-0.2, -0.15) is 0 Å². The number of furan rings is 1. The normalized spacial score (nSPS) is 14.4. The van der Waals surface area contributed by atoms with Crippen LogP contribution < -0.4 is 10.1 Å². The molecule has 0 saturated carbocycles. The summed E-state index contributed by atoms with van der Waals surface area (Å²) in [6.45, 7) is 1.51. The van der Waals surface area contributed by atoms with E-state index in [1.54, 1.807) is 37.4 Å². The van der Waals surface area contributed by atoms with Crippen LogP contribution in [0.2, 0.25) is 0 Å². The van der Waals surface area contributed by atoms with Crippen molar-refractivity contribution in [1.29, 1.82) is 0 Å². The van der Waals surface area contributed by atoms with E-state index in [0.717, 1.165) is 44.2 Å². The molecule has 0 aliphatic carbocycles. The lowest BCUT2D eigenvalue weighted by Gasteiger charge is -2.21. The summed E-state index contributed by atoms with van der Waals surface area (Å²) in [4.78, 5) is 27.7. The molecule has 6 heteroatoms. The number of nitrogens with one attached hydrogen (secondary N) is 1. The van der Waals surface area contributed by atoms with E-state index in [0.29, 0.717) is 22.6 Å². The molecule has 0 unspecified atom stereocenters. The predicted molar refractivity (Wildman–Crippen MR) is 112 cm³/mol. The predicted octanol–water partition coefficient (Wildman–Crippen LogP) is 4.71. The average Bonchev–Trinajstić information content (AvgIpc) is 3.01. The van der Waals surface area contributed by atoms with Crippen LogP contribution >= 0.6 is 0 Å². The van der Waals surface area contributed by atoms with Crippen molar-refractivity contribution in [2.24, 2.45) is 0 Å². The van der Waals surface area contributed by atoms with Crippen LogP contribution in [0.25, 0.3) is 11.0 Å². The Morgan fingerprint density at radius 3 is 2.52 bits per heavy atom. The van der Waals surface area contributed by atoms with Gasteiger partial charge in [0.2, 0.25) is 0 Å². The molecule has 4 rings (SSSR count). The van der Waals surface area contributed by atoms with Crippen molar-refractivity contribution in [1.82, 2.24) is 4.90 Å². The number of hydrogen-bond acceptors (Lipinski definition) is 4. The second-order valence-corrected chi connectivity index (χ2v) is 7.20. The number of nitrogens with zero attached hydrogens (tertiary/aromatic N) is 1. The minimum absolute atomic E-state index is 0.0472. The van der Waals surface area contributed by atoms with Gasteiger partial charge in [0.05, 0.1) is 18.4 Å². The lowest BCUT2D eigenvalue weighted by molar-refractivity contribution is 0.0762. The molecule has 0 bridgehead atoms. The first-order valence-corrected chi connectivity index (χ1v) is 9.93. The zero-order valence-electron chi connectivity index (χ0n) is 16.4. The third kappa shape index (κ3) is 3.97. The van der Waals surface area contributed by atoms with Crippen molar-refractivity contribution >= 4 is 28.5 Å². The maximum absolute atomic E-state index is 13.1. The van der Waals surface area contributed by atoms with Gasteiger partial charge in [-0.25, -0.2) is 0 Å². The first-order valence-electron chi connectivity index (χ1n) is 9.93. The number of rotatable bonds is 4. The highest BCUT2D eigenvalue weighted by Gasteiger charge is 2.22. The number of anilines is 1. The Bertz CT molecular complexity index is 1030. The number of amides is 2. The van der Waals surface area contributed by atoms with E-state index in [-0.39, 0.29) is 11.7 Å². The lowest BCUT2D eigenvalue weighted by atomic mass is 10.1. The Kier molecular flexibility index (Phi) is 5.51. The number of carbonyl (C=O) groups excluding carboxylic acids is 2. The van der Waals surface area contributed by atoms with Crippen LogP contribution in [0.15, 0.2) is 52.9 Å². The topological polar surface area (TPSA) is 71.8 Å². The molecule has 2 heterocycles. The Morgan fingerprint density at radius 1 is 1.00 bits per heavy atom. The third-order valence-corrected chi connectivity index (χ3v) is 5.25. The summed E-state index contributed by atoms with van der Waals surface area (Å²) in [7, 11) is 1.56. The summed E-state index contributed by atoms with van der Waals surface area (Å²) in [6, 6.07) is 14.3. The fourth-order valence-corrected chi connectivity index (χ4v) is 3.72. The van der Waals surface area contributed by atoms with Crippen LogP contribution in [0.1, 0.15) is 46.6 Å². The highest BCUT2D eigenvalue weighted by molar-refractivity contribution is 6.09. The Morgan fingerprint density at radius 2 is 1.76 bits per heavy atom. The van der Waals surface area contributed by atoms with E-state index in [2.05, 4.69) is 5.32 Å². The SMILES string of the molecule is COc1cccc2cc(C(=O)Nc3ccccc3C(=O)N3CCCCCC3)oc12. The minimum Gasteiger partial charge on any atom is -0.493 e. The summed E-state index contributed by atoms with van der Waals surface area (Å²) in [5.74, 6) is 0.285. The van der Waals surface area contributed by atoms with Gasteiger partial charge in [0.25, 0.3) is 11.8 Å². The number of para-hydroxylation sites is 2. The van der Waals surface area contributed by atoms with Crippen molar-refractivity contribution in [2.75, 3.05) is 25.5 Å². The number of hydrogen-bond donors (Lipinski definition) is 1. The average molecular weight is 392 g/mol. The van der Waals surface area contributed by atoms with Crippen LogP contribution in [0.4, 0.5) is 5.69 Å². The molecule has 6 nitrogen and oxygen atoms in total. The molecule has 2 aromatic carbocycles. The molecule has 0 spiro atoms. The van der Waals surface area contributed by atoms with Crippen molar-refractivity contribution in [3.63, 3.8) is 0 Å². The van der Waals surface area contributed by atoms with E-state index < -0.39 is 5.91 Å². The highest BCUT2D eigenvalue weighted by atomic mass is 16.5. The van der Waals surface area contributed by atoms with Crippen LogP contribution in [0.3, 0.4) is 0 Å².